The van der Waals surface area contributed by atoms with Crippen LogP contribution in [0.15, 0.2) is 54.7 Å². The fraction of sp³-hybridized carbons (Fsp3) is 0.600. The van der Waals surface area contributed by atoms with Crippen molar-refractivity contribution in [3.8, 4) is 22.9 Å². The van der Waals surface area contributed by atoms with E-state index in [1.54, 1.807) is 15.9 Å². The molecule has 1 saturated heterocycles. The monoisotopic (exact) mass is 1320 g/mol. The Morgan fingerprint density at radius 1 is 0.615 bits per heavy atom. The maximum atomic E-state index is 12.8. The zero-order valence-corrected chi connectivity index (χ0v) is 52.8. The molecule has 2 aromatic carbocycles. The summed E-state index contributed by atoms with van der Waals surface area (Å²) >= 11 is 5.97. The van der Waals surface area contributed by atoms with Crippen LogP contribution in [0.5, 0.6) is 5.75 Å². The summed E-state index contributed by atoms with van der Waals surface area (Å²) in [6, 6.07) is 14.3. The van der Waals surface area contributed by atoms with Crippen molar-refractivity contribution in [2.24, 2.45) is 0 Å². The molecule has 91 heavy (non-hydrogen) atoms. The van der Waals surface area contributed by atoms with Crippen molar-refractivity contribution in [2.45, 2.75) is 12.6 Å². The van der Waals surface area contributed by atoms with Crippen molar-refractivity contribution < 1.29 is 99.9 Å². The highest BCUT2D eigenvalue weighted by atomic mass is 35.5. The van der Waals surface area contributed by atoms with Gasteiger partial charge in [-0.1, -0.05) is 29.8 Å². The highest BCUT2D eigenvalue weighted by molar-refractivity contribution is 6.33. The molecular weight excluding hydrogens is 1230 g/mol. The topological polar surface area (TPSA) is 323 Å². The van der Waals surface area contributed by atoms with Gasteiger partial charge < -0.3 is 78.3 Å². The Morgan fingerprint density at radius 2 is 1.04 bits per heavy atom. The first-order valence-corrected chi connectivity index (χ1v) is 29.8. The van der Waals surface area contributed by atoms with E-state index in [0.29, 0.717) is 190 Å². The van der Waals surface area contributed by atoms with Crippen molar-refractivity contribution in [1.82, 2.24) is 35.2 Å². The number of nitrogens with one attached hydrogen (secondary N) is 2. The lowest BCUT2D eigenvalue weighted by molar-refractivity contribution is -0.141. The number of carbonyl (C=O) groups excluding carboxylic acids is 4. The molecule has 1 aromatic heterocycles. The number of nitriles is 1. The predicted octanol–water partition coefficient (Wildman–Crippen LogP) is 2.19. The summed E-state index contributed by atoms with van der Waals surface area (Å²) < 4.78 is 87.7. The number of amides is 2. The number of carboxylic acid groups (broad SMARTS) is 2. The van der Waals surface area contributed by atoms with Gasteiger partial charge in [-0.05, 0) is 30.3 Å². The Balaban J connectivity index is 0.00000102. The van der Waals surface area contributed by atoms with Crippen LogP contribution in [0.1, 0.15) is 28.0 Å². The van der Waals surface area contributed by atoms with Crippen LogP contribution in [-0.2, 0) is 68.0 Å². The molecule has 31 heteroatoms. The van der Waals surface area contributed by atoms with E-state index in [1.165, 1.54) is 18.2 Å². The van der Waals surface area contributed by atoms with E-state index >= 15 is 0 Å². The maximum Gasteiger partial charge on any atom is 0.433 e. The Hall–Kier alpha value is -6.54. The standard InChI is InChI=1S/C45H79N7O16.C14H6ClF3N2O.CH4O/c1-48(2)40-5-3-4-6-41(40)68-20-7-42(54)46-8-21-60-23-25-62-27-29-64-31-33-66-35-36-67-34-32-65-30-28-63-26-24-61-22-9-47-43(55)37-50-12-10-49(18-19-53)11-13-51(38-44(56)57)16-17-52(15-14-50)39-45(58)59;15-12-2-1-8(7-21)3-10(12)11-6-20-13(14(16,17)18)4-9(11)5-19;1-2/h3-6,19H,7-18,20-39H2,1-2H3,(H,46,54)(H,47,55)(H,56,57)(H,58,59);1-4,6-7H;2H,1H3. The number of alkyl halides is 3. The number of halogens is 4. The van der Waals surface area contributed by atoms with Gasteiger partial charge in [-0.25, -0.2) is 0 Å². The summed E-state index contributed by atoms with van der Waals surface area (Å²) in [6.07, 6.45) is -2.08. The molecule has 2 heterocycles. The van der Waals surface area contributed by atoms with Gasteiger partial charge in [0.2, 0.25) is 11.8 Å². The molecule has 0 unspecified atom stereocenters. The Morgan fingerprint density at radius 3 is 1.46 bits per heavy atom. The molecule has 1 fully saturated rings. The van der Waals surface area contributed by atoms with Gasteiger partial charge in [0.05, 0.1) is 162 Å². The second kappa shape index (κ2) is 50.1. The van der Waals surface area contributed by atoms with Crippen LogP contribution in [0.25, 0.3) is 11.1 Å². The number of aliphatic hydroxyl groups excluding tert-OH is 1. The summed E-state index contributed by atoms with van der Waals surface area (Å²) in [5.74, 6) is -1.51. The van der Waals surface area contributed by atoms with Crippen LogP contribution < -0.4 is 20.3 Å². The summed E-state index contributed by atoms with van der Waals surface area (Å²) in [4.78, 5) is 82.3. The predicted molar refractivity (Wildman–Crippen MR) is 328 cm³/mol. The number of carboxylic acids is 2. The van der Waals surface area contributed by atoms with Crippen LogP contribution in [0.4, 0.5) is 18.9 Å². The number of aldehydes is 2. The molecule has 510 valence electrons. The fourth-order valence-electron chi connectivity index (χ4n) is 8.18. The molecule has 0 bridgehead atoms. The van der Waals surface area contributed by atoms with Crippen molar-refractivity contribution in [3.63, 3.8) is 0 Å². The quantitative estimate of drug-likeness (QED) is 0.0401. The zero-order valence-electron chi connectivity index (χ0n) is 52.1. The van der Waals surface area contributed by atoms with Crippen molar-refractivity contribution in [2.75, 3.05) is 230 Å². The molecule has 27 nitrogen and oxygen atoms in total. The number of anilines is 1. The number of benzene rings is 2. The van der Waals surface area contributed by atoms with E-state index in [9.17, 15) is 52.2 Å². The van der Waals surface area contributed by atoms with Gasteiger partial charge in [-0.15, -0.1) is 0 Å². The molecule has 1 aliphatic rings. The number of hydrogen-bond acceptors (Lipinski definition) is 23. The van der Waals surface area contributed by atoms with E-state index < -0.39 is 23.8 Å². The number of aromatic nitrogens is 1. The fourth-order valence-corrected chi connectivity index (χ4v) is 8.40. The normalized spacial score (nSPS) is 13.6. The van der Waals surface area contributed by atoms with E-state index in [2.05, 4.69) is 15.6 Å². The van der Waals surface area contributed by atoms with Gasteiger partial charge in [0.25, 0.3) is 0 Å². The molecule has 0 spiro atoms. The number of para-hydroxylation sites is 2. The van der Waals surface area contributed by atoms with Crippen molar-refractivity contribution >= 4 is 53.6 Å². The lowest BCUT2D eigenvalue weighted by Crippen LogP contribution is -2.49. The first-order valence-electron chi connectivity index (χ1n) is 29.4. The molecule has 3 aromatic rings. The SMILES string of the molecule is CN(C)c1ccccc1OCCC(=O)NCCOCCOCCOCCOCCOCCOCCOCCOCCNC(=O)CN1CCN(CC=O)CCN(CC(=O)O)CCN(CC(=O)O)CC1.CO.N#Cc1cc(C(F)(F)F)ncc1-c1cc(C=O)ccc1Cl. The van der Waals surface area contributed by atoms with Crippen LogP contribution in [0.3, 0.4) is 0 Å². The largest absolute Gasteiger partial charge is 0.491 e. The van der Waals surface area contributed by atoms with Gasteiger partial charge in [-0.3, -0.25) is 48.6 Å². The number of nitrogens with zero attached hydrogens (tertiary/aromatic N) is 7. The minimum absolute atomic E-state index is 0.0921. The smallest absolute Gasteiger partial charge is 0.433 e. The van der Waals surface area contributed by atoms with Gasteiger partial charge >= 0.3 is 18.1 Å². The first-order chi connectivity index (χ1) is 43.9. The van der Waals surface area contributed by atoms with Crippen molar-refractivity contribution in [3.05, 3.63) is 76.6 Å². The third-order valence-corrected chi connectivity index (χ3v) is 13.1. The third-order valence-electron chi connectivity index (χ3n) is 12.8. The van der Waals surface area contributed by atoms with Crippen LogP contribution in [0, 0.1) is 11.3 Å². The number of aliphatic hydroxyl groups is 1. The van der Waals surface area contributed by atoms with E-state index in [1.807, 2.05) is 53.1 Å². The molecule has 1 aliphatic heterocycles. The Bertz CT molecular complexity index is 2580. The highest BCUT2D eigenvalue weighted by Crippen LogP contribution is 2.34. The van der Waals surface area contributed by atoms with Gasteiger partial charge in [0, 0.05) is 115 Å². The number of carbonyl (C=O) groups is 6. The summed E-state index contributed by atoms with van der Waals surface area (Å²) in [5.41, 5.74) is 0.285. The number of ether oxygens (including phenoxy) is 9. The molecule has 5 N–H and O–H groups in total. The molecule has 2 amide bonds. The second-order valence-electron chi connectivity index (χ2n) is 19.7. The number of pyridine rings is 1. The minimum Gasteiger partial charge on any atom is -0.491 e. The average Bonchev–Trinajstić information content (AvgIpc) is 0.886. The molecule has 0 radical (unpaired) electrons. The van der Waals surface area contributed by atoms with Crippen molar-refractivity contribution in [1.29, 1.82) is 5.26 Å². The first kappa shape index (κ1) is 80.6. The number of aliphatic carboxylic acids is 2. The zero-order chi connectivity index (χ0) is 66.9. The highest BCUT2D eigenvalue weighted by Gasteiger charge is 2.33. The number of hydrogen-bond donors (Lipinski definition) is 5. The molecule has 0 atom stereocenters. The molecule has 4 rings (SSSR count). The van der Waals surface area contributed by atoms with Gasteiger partial charge in [0.15, 0.2) is 0 Å². The maximum absolute atomic E-state index is 12.8. The summed E-state index contributed by atoms with van der Waals surface area (Å²) in [6.45, 7) is 10.9. The minimum atomic E-state index is -4.64. The molecule has 0 saturated carbocycles. The van der Waals surface area contributed by atoms with Crippen LogP contribution >= 0.6 is 11.6 Å². The Labute approximate surface area is 534 Å². The van der Waals surface area contributed by atoms with E-state index in [0.717, 1.165) is 31.0 Å². The van der Waals surface area contributed by atoms with E-state index in [-0.39, 0.29) is 71.7 Å². The average molecular weight is 1320 g/mol. The summed E-state index contributed by atoms with van der Waals surface area (Å²) in [5, 5.41) is 40.6. The summed E-state index contributed by atoms with van der Waals surface area (Å²) in [7, 11) is 4.89. The van der Waals surface area contributed by atoms with Crippen LogP contribution in [-0.4, -0.2) is 301 Å². The number of rotatable bonds is 42. The van der Waals surface area contributed by atoms with Gasteiger partial charge in [0.1, 0.15) is 24.0 Å². The third kappa shape index (κ3) is 38.2. The van der Waals surface area contributed by atoms with Crippen LogP contribution in [0.2, 0.25) is 5.02 Å². The lowest BCUT2D eigenvalue weighted by Gasteiger charge is -2.32. The lowest BCUT2D eigenvalue weighted by atomic mass is 10.00. The Kier molecular flexibility index (Phi) is 44.3. The van der Waals surface area contributed by atoms with E-state index in [4.69, 9.17) is 64.6 Å². The molecular formula is C60H89ClF3N9O18. The van der Waals surface area contributed by atoms with Gasteiger partial charge in [-0.2, -0.15) is 18.4 Å². The molecule has 0 aliphatic carbocycles. The second-order valence-corrected chi connectivity index (χ2v) is 20.1.